The molecule has 4 rings (SSSR count). The third-order valence-corrected chi connectivity index (χ3v) is 4.38. The summed E-state index contributed by atoms with van der Waals surface area (Å²) >= 11 is 0. The molecule has 2 aliphatic rings. The van der Waals surface area contributed by atoms with Crippen LogP contribution in [-0.2, 0) is 9.53 Å². The van der Waals surface area contributed by atoms with Crippen molar-refractivity contribution in [3.8, 4) is 0 Å². The summed E-state index contributed by atoms with van der Waals surface area (Å²) in [5.41, 5.74) is 2.38. The van der Waals surface area contributed by atoms with Crippen LogP contribution in [0.25, 0.3) is 0 Å². The molecule has 2 aromatic rings. The van der Waals surface area contributed by atoms with Gasteiger partial charge in [0.05, 0.1) is 12.7 Å². The number of aliphatic imine (C=N–C) groups is 1. The maximum atomic E-state index is 12.5. The van der Waals surface area contributed by atoms with E-state index in [2.05, 4.69) is 10.3 Å². The number of carbonyl (C=O) groups is 2. The smallest absolute Gasteiger partial charge is 0.337 e. The van der Waals surface area contributed by atoms with Crippen LogP contribution in [0.15, 0.2) is 83.8 Å². The number of amidine groups is 1. The molecule has 2 aromatic carbocycles. The van der Waals surface area contributed by atoms with Gasteiger partial charge in [0.25, 0.3) is 11.7 Å². The number of amides is 1. The van der Waals surface area contributed by atoms with Crippen LogP contribution >= 0.6 is 0 Å². The third kappa shape index (κ3) is 3.56. The maximum absolute atomic E-state index is 12.5. The lowest BCUT2D eigenvalue weighted by Gasteiger charge is -2.22. The number of hydrogen-bond donors (Lipinski definition) is 1. The highest BCUT2D eigenvalue weighted by molar-refractivity contribution is 6.10. The van der Waals surface area contributed by atoms with Crippen LogP contribution in [0.3, 0.4) is 0 Å². The lowest BCUT2D eigenvalue weighted by Crippen LogP contribution is -2.41. The number of esters is 1. The van der Waals surface area contributed by atoms with Crippen molar-refractivity contribution in [1.82, 2.24) is 4.90 Å². The molecule has 2 aliphatic heterocycles. The van der Waals surface area contributed by atoms with Gasteiger partial charge in [-0.15, -0.1) is 0 Å². The van der Waals surface area contributed by atoms with Crippen LogP contribution in [0.5, 0.6) is 0 Å². The normalized spacial score (nSPS) is 15.5. The number of nitrogens with one attached hydrogen (secondary N) is 1. The number of carbonyl (C=O) groups excluding carboxylic acids is 2. The topological polar surface area (TPSA) is 76.9 Å². The van der Waals surface area contributed by atoms with E-state index in [-0.39, 0.29) is 11.9 Å². The molecule has 7 heteroatoms. The van der Waals surface area contributed by atoms with Gasteiger partial charge in [-0.25, -0.2) is 4.79 Å². The van der Waals surface area contributed by atoms with E-state index in [9.17, 15) is 9.59 Å². The summed E-state index contributed by atoms with van der Waals surface area (Å²) in [4.78, 5) is 32.5. The van der Waals surface area contributed by atoms with Crippen LogP contribution in [0.1, 0.15) is 10.4 Å². The molecule has 1 radical (unpaired) electrons. The van der Waals surface area contributed by atoms with Crippen molar-refractivity contribution in [3.05, 3.63) is 84.3 Å². The zero-order chi connectivity index (χ0) is 19.5. The van der Waals surface area contributed by atoms with Gasteiger partial charge in [0.2, 0.25) is 6.67 Å². The number of benzene rings is 2. The minimum absolute atomic E-state index is 0.263. The first-order valence-electron chi connectivity index (χ1n) is 8.71. The van der Waals surface area contributed by atoms with E-state index in [0.717, 1.165) is 11.4 Å². The third-order valence-electron chi connectivity index (χ3n) is 4.38. The summed E-state index contributed by atoms with van der Waals surface area (Å²) in [6.45, 7) is 0.474. The second-order valence-corrected chi connectivity index (χ2v) is 6.24. The standard InChI is InChI=1S/C21H18N4O3/c1-28-21(27)15-6-5-9-17(12-15)24-11-10-19-23-18(13-25(19)14-24)20(26)22-16-7-3-2-4-8-16/h2-13H,14H2,1H3,(H,22,26)/q+1. The average Bonchev–Trinajstić information content (AvgIpc) is 3.17. The SMILES string of the molecule is COC(=O)c1cccc(N2C=CC3=NC(C(=O)Nc4ccccc4)=C[N+]3C2)c1. The van der Waals surface area contributed by atoms with Gasteiger partial charge >= 0.3 is 5.97 Å². The number of para-hydroxylation sites is 1. The first-order chi connectivity index (χ1) is 13.6. The molecule has 0 saturated heterocycles. The van der Waals surface area contributed by atoms with Crippen LogP contribution in [0.4, 0.5) is 11.4 Å². The van der Waals surface area contributed by atoms with Crippen LogP contribution in [0, 0.1) is 0 Å². The van der Waals surface area contributed by atoms with Crippen LogP contribution in [-0.4, -0.2) is 31.5 Å². The first kappa shape index (κ1) is 17.7. The zero-order valence-corrected chi connectivity index (χ0v) is 15.2. The molecule has 0 fully saturated rings. The van der Waals surface area contributed by atoms with Gasteiger partial charge in [0, 0.05) is 23.7 Å². The second kappa shape index (κ2) is 7.50. The van der Waals surface area contributed by atoms with E-state index in [4.69, 9.17) is 4.74 Å². The summed E-state index contributed by atoms with van der Waals surface area (Å²) in [5.74, 6) is 0.0466. The summed E-state index contributed by atoms with van der Waals surface area (Å²) < 4.78 is 4.78. The summed E-state index contributed by atoms with van der Waals surface area (Å²) in [5, 5.41) is 2.83. The summed E-state index contributed by atoms with van der Waals surface area (Å²) in [6.07, 6.45) is 5.42. The predicted molar refractivity (Wildman–Crippen MR) is 107 cm³/mol. The lowest BCUT2D eigenvalue weighted by atomic mass is 10.2. The second-order valence-electron chi connectivity index (χ2n) is 6.24. The quantitative estimate of drug-likeness (QED) is 0.659. The van der Waals surface area contributed by atoms with Gasteiger partial charge in [0.1, 0.15) is 0 Å². The van der Waals surface area contributed by atoms with Crippen LogP contribution in [0.2, 0.25) is 0 Å². The molecule has 0 unspecified atom stereocenters. The molecule has 0 atom stereocenters. The minimum atomic E-state index is -0.383. The zero-order valence-electron chi connectivity index (χ0n) is 15.2. The maximum Gasteiger partial charge on any atom is 0.337 e. The van der Waals surface area contributed by atoms with Crippen molar-refractivity contribution in [2.24, 2.45) is 4.99 Å². The number of hydrogen-bond acceptors (Lipinski definition) is 6. The fourth-order valence-corrected chi connectivity index (χ4v) is 2.97. The number of fused-ring (bicyclic) bond motifs is 1. The molecular formula is C21H18N4O3+. The molecule has 139 valence electrons. The fourth-order valence-electron chi connectivity index (χ4n) is 2.97. The lowest BCUT2D eigenvalue weighted by molar-refractivity contribution is -0.112. The molecule has 1 amide bonds. The monoisotopic (exact) mass is 374 g/mol. The predicted octanol–water partition coefficient (Wildman–Crippen LogP) is 2.80. The van der Waals surface area contributed by atoms with E-state index in [1.807, 2.05) is 58.5 Å². The van der Waals surface area contributed by atoms with E-state index in [0.29, 0.717) is 23.8 Å². The van der Waals surface area contributed by atoms with Gasteiger partial charge in [0.15, 0.2) is 11.9 Å². The van der Waals surface area contributed by atoms with Gasteiger partial charge in [-0.3, -0.25) is 9.69 Å². The molecule has 0 saturated carbocycles. The highest BCUT2D eigenvalue weighted by Gasteiger charge is 2.35. The largest absolute Gasteiger partial charge is 0.465 e. The van der Waals surface area contributed by atoms with Gasteiger partial charge in [-0.05, 0) is 30.3 Å². The Bertz CT molecular complexity index is 1010. The van der Waals surface area contributed by atoms with Crippen molar-refractivity contribution in [3.63, 3.8) is 0 Å². The molecule has 0 spiro atoms. The van der Waals surface area contributed by atoms with Crippen molar-refractivity contribution in [2.45, 2.75) is 0 Å². The molecule has 2 heterocycles. The highest BCUT2D eigenvalue weighted by atomic mass is 16.5. The highest BCUT2D eigenvalue weighted by Crippen LogP contribution is 2.23. The Balaban J connectivity index is 1.49. The van der Waals surface area contributed by atoms with E-state index in [1.165, 1.54) is 7.11 Å². The minimum Gasteiger partial charge on any atom is -0.465 e. The van der Waals surface area contributed by atoms with Gasteiger partial charge < -0.3 is 10.1 Å². The van der Waals surface area contributed by atoms with Gasteiger partial charge in [-0.2, -0.15) is 4.99 Å². The number of anilines is 2. The van der Waals surface area contributed by atoms with Crippen LogP contribution < -0.4 is 15.1 Å². The van der Waals surface area contributed by atoms with Crippen molar-refractivity contribution in [2.75, 3.05) is 24.0 Å². The molecule has 0 aliphatic carbocycles. The van der Waals surface area contributed by atoms with E-state index >= 15 is 0 Å². The summed E-state index contributed by atoms with van der Waals surface area (Å²) in [6, 6.07) is 16.4. The molecule has 28 heavy (non-hydrogen) atoms. The Kier molecular flexibility index (Phi) is 4.74. The van der Waals surface area contributed by atoms with Gasteiger partial charge in [-0.1, -0.05) is 29.2 Å². The number of ether oxygens (including phenoxy) is 1. The van der Waals surface area contributed by atoms with Crippen molar-refractivity contribution >= 4 is 29.1 Å². The summed E-state index contributed by atoms with van der Waals surface area (Å²) in [7, 11) is 1.36. The first-order valence-corrected chi connectivity index (χ1v) is 8.71. The number of rotatable bonds is 4. The molecule has 0 aromatic heterocycles. The Morgan fingerprint density at radius 3 is 2.75 bits per heavy atom. The van der Waals surface area contributed by atoms with Crippen molar-refractivity contribution in [1.29, 1.82) is 0 Å². The Hall–Kier alpha value is -3.71. The van der Waals surface area contributed by atoms with E-state index in [1.54, 1.807) is 24.4 Å². The molecule has 1 N–H and O–H groups in total. The Morgan fingerprint density at radius 1 is 1.14 bits per heavy atom. The molecular weight excluding hydrogens is 356 g/mol. The number of methoxy groups -OCH3 is 1. The fraction of sp³-hybridized carbons (Fsp3) is 0.0952. The van der Waals surface area contributed by atoms with E-state index < -0.39 is 0 Å². The molecule has 0 bridgehead atoms. The average molecular weight is 374 g/mol. The van der Waals surface area contributed by atoms with Crippen molar-refractivity contribution < 1.29 is 14.3 Å². The number of nitrogens with zero attached hydrogens (tertiary/aromatic N) is 3. The Labute approximate surface area is 162 Å². The molecule has 7 nitrogen and oxygen atoms in total. The Morgan fingerprint density at radius 2 is 1.96 bits per heavy atom.